The molecule has 0 bridgehead atoms. The van der Waals surface area contributed by atoms with Crippen molar-refractivity contribution in [2.75, 3.05) is 4.90 Å². The Labute approximate surface area is 151 Å². The average Bonchev–Trinajstić information content (AvgIpc) is 2.53. The third-order valence-electron chi connectivity index (χ3n) is 3.35. The van der Waals surface area contributed by atoms with Crippen molar-refractivity contribution in [3.05, 3.63) is 69.2 Å². The molecule has 5 nitrogen and oxygen atoms in total. The highest BCUT2D eigenvalue weighted by Gasteiger charge is 2.36. The van der Waals surface area contributed by atoms with E-state index in [0.717, 1.165) is 9.37 Å². The number of carbonyl (C=O) groups excluding carboxylic acids is 3. The number of amides is 4. The molecule has 1 aliphatic heterocycles. The minimum atomic E-state index is -0.782. The van der Waals surface area contributed by atoms with Crippen LogP contribution in [-0.4, -0.2) is 17.8 Å². The predicted molar refractivity (Wildman–Crippen MR) is 94.6 cm³/mol. The molecular formula is C17H10BrClN2O3. The standard InChI is InChI=1S/C17H10BrClN2O3/c18-11-4-6-13(7-5-11)21-16(23)14(15(22)20-17(21)24)9-10-2-1-3-12(19)8-10/h1-9H,(H,20,22,24)/b14-9+. The van der Waals surface area contributed by atoms with Gasteiger partial charge in [-0.1, -0.05) is 39.7 Å². The van der Waals surface area contributed by atoms with Gasteiger partial charge in [0.1, 0.15) is 5.57 Å². The molecule has 0 radical (unpaired) electrons. The number of anilines is 1. The molecule has 0 atom stereocenters. The van der Waals surface area contributed by atoms with Gasteiger partial charge in [0.15, 0.2) is 0 Å². The van der Waals surface area contributed by atoms with Gasteiger partial charge in [0.05, 0.1) is 5.69 Å². The fourth-order valence-electron chi connectivity index (χ4n) is 2.25. The van der Waals surface area contributed by atoms with Crippen molar-refractivity contribution in [2.24, 2.45) is 0 Å². The summed E-state index contributed by atoms with van der Waals surface area (Å²) in [4.78, 5) is 37.7. The van der Waals surface area contributed by atoms with Crippen molar-refractivity contribution >= 4 is 57.1 Å². The molecule has 1 fully saturated rings. The molecule has 0 aromatic heterocycles. The number of hydrogen-bond acceptors (Lipinski definition) is 3. The number of barbiturate groups is 1. The predicted octanol–water partition coefficient (Wildman–Crippen LogP) is 3.77. The maximum absolute atomic E-state index is 12.7. The molecule has 1 saturated heterocycles. The normalized spacial score (nSPS) is 16.5. The van der Waals surface area contributed by atoms with Crippen molar-refractivity contribution in [2.45, 2.75) is 0 Å². The second kappa shape index (κ2) is 6.59. The van der Waals surface area contributed by atoms with E-state index in [1.807, 2.05) is 0 Å². The minimum absolute atomic E-state index is 0.139. The second-order valence-corrected chi connectivity index (χ2v) is 6.34. The van der Waals surface area contributed by atoms with Crippen LogP contribution in [0.4, 0.5) is 10.5 Å². The molecule has 120 valence electrons. The minimum Gasteiger partial charge on any atom is -0.273 e. The zero-order chi connectivity index (χ0) is 17.3. The van der Waals surface area contributed by atoms with Crippen LogP contribution >= 0.6 is 27.5 Å². The van der Waals surface area contributed by atoms with Gasteiger partial charge in [0.2, 0.25) is 0 Å². The summed E-state index contributed by atoms with van der Waals surface area (Å²) in [5, 5.41) is 2.65. The zero-order valence-corrected chi connectivity index (χ0v) is 14.5. The first-order chi connectivity index (χ1) is 11.5. The summed E-state index contributed by atoms with van der Waals surface area (Å²) in [7, 11) is 0. The number of nitrogens with one attached hydrogen (secondary N) is 1. The van der Waals surface area contributed by atoms with Crippen molar-refractivity contribution in [1.29, 1.82) is 0 Å². The lowest BCUT2D eigenvalue weighted by Gasteiger charge is -2.26. The van der Waals surface area contributed by atoms with Crippen molar-refractivity contribution < 1.29 is 14.4 Å². The van der Waals surface area contributed by atoms with E-state index in [1.54, 1.807) is 48.5 Å². The van der Waals surface area contributed by atoms with Crippen LogP contribution in [0.1, 0.15) is 5.56 Å². The lowest BCUT2D eigenvalue weighted by Crippen LogP contribution is -2.54. The molecule has 4 amide bonds. The van der Waals surface area contributed by atoms with Crippen LogP contribution in [0.25, 0.3) is 6.08 Å². The van der Waals surface area contributed by atoms with Gasteiger partial charge >= 0.3 is 6.03 Å². The summed E-state index contributed by atoms with van der Waals surface area (Å²) >= 11 is 9.20. The Bertz CT molecular complexity index is 878. The highest BCUT2D eigenvalue weighted by molar-refractivity contribution is 9.10. The number of urea groups is 1. The third kappa shape index (κ3) is 3.25. The fourth-order valence-corrected chi connectivity index (χ4v) is 2.71. The topological polar surface area (TPSA) is 66.5 Å². The summed E-state index contributed by atoms with van der Waals surface area (Å²) in [6.07, 6.45) is 1.40. The van der Waals surface area contributed by atoms with Crippen LogP contribution in [0.3, 0.4) is 0 Å². The fraction of sp³-hybridized carbons (Fsp3) is 0. The molecule has 1 aliphatic rings. The van der Waals surface area contributed by atoms with E-state index in [4.69, 9.17) is 11.6 Å². The number of rotatable bonds is 2. The molecule has 2 aromatic carbocycles. The SMILES string of the molecule is O=C1NC(=O)N(c2ccc(Br)cc2)C(=O)/C1=C/c1cccc(Cl)c1. The highest BCUT2D eigenvalue weighted by Crippen LogP contribution is 2.24. The van der Waals surface area contributed by atoms with E-state index >= 15 is 0 Å². The van der Waals surface area contributed by atoms with E-state index in [1.165, 1.54) is 6.08 Å². The van der Waals surface area contributed by atoms with Gasteiger partial charge in [0.25, 0.3) is 11.8 Å². The van der Waals surface area contributed by atoms with E-state index in [2.05, 4.69) is 21.2 Å². The van der Waals surface area contributed by atoms with Crippen molar-refractivity contribution in [1.82, 2.24) is 5.32 Å². The molecule has 24 heavy (non-hydrogen) atoms. The van der Waals surface area contributed by atoms with Gasteiger partial charge in [-0.05, 0) is 48.0 Å². The molecule has 1 heterocycles. The first kappa shape index (κ1) is 16.4. The zero-order valence-electron chi connectivity index (χ0n) is 12.1. The van der Waals surface area contributed by atoms with Gasteiger partial charge in [-0.25, -0.2) is 9.69 Å². The van der Waals surface area contributed by atoms with E-state index in [9.17, 15) is 14.4 Å². The Balaban J connectivity index is 2.01. The summed E-state index contributed by atoms with van der Waals surface area (Å²) in [6, 6.07) is 12.6. The van der Waals surface area contributed by atoms with E-state index in [-0.39, 0.29) is 5.57 Å². The van der Waals surface area contributed by atoms with Crippen LogP contribution in [0.15, 0.2) is 58.6 Å². The summed E-state index contributed by atoms with van der Waals surface area (Å²) in [6.45, 7) is 0. The Hall–Kier alpha value is -2.44. The summed E-state index contributed by atoms with van der Waals surface area (Å²) in [5.41, 5.74) is 0.816. The van der Waals surface area contributed by atoms with Crippen LogP contribution in [0.5, 0.6) is 0 Å². The lowest BCUT2D eigenvalue weighted by atomic mass is 10.1. The van der Waals surface area contributed by atoms with Crippen LogP contribution < -0.4 is 10.2 Å². The summed E-state index contributed by atoms with van der Waals surface area (Å²) < 4.78 is 0.807. The Kier molecular flexibility index (Phi) is 4.51. The van der Waals surface area contributed by atoms with E-state index < -0.39 is 17.8 Å². The molecule has 0 spiro atoms. The Morgan fingerprint density at radius 1 is 1.04 bits per heavy atom. The monoisotopic (exact) mass is 404 g/mol. The third-order valence-corrected chi connectivity index (χ3v) is 4.11. The van der Waals surface area contributed by atoms with Gasteiger partial charge in [-0.15, -0.1) is 0 Å². The van der Waals surface area contributed by atoms with Gasteiger partial charge in [0, 0.05) is 9.50 Å². The van der Waals surface area contributed by atoms with Crippen molar-refractivity contribution in [3.63, 3.8) is 0 Å². The molecular weight excluding hydrogens is 396 g/mol. The number of imide groups is 2. The maximum Gasteiger partial charge on any atom is 0.335 e. The molecule has 2 aromatic rings. The molecule has 3 rings (SSSR count). The largest absolute Gasteiger partial charge is 0.335 e. The van der Waals surface area contributed by atoms with Gasteiger partial charge < -0.3 is 0 Å². The molecule has 1 N–H and O–H groups in total. The molecule has 0 aliphatic carbocycles. The first-order valence-electron chi connectivity index (χ1n) is 6.88. The molecule has 0 saturated carbocycles. The Morgan fingerprint density at radius 2 is 1.75 bits per heavy atom. The number of carbonyl (C=O) groups is 3. The number of halogens is 2. The molecule has 7 heteroatoms. The maximum atomic E-state index is 12.7. The first-order valence-corrected chi connectivity index (χ1v) is 8.05. The van der Waals surface area contributed by atoms with Crippen LogP contribution in [-0.2, 0) is 9.59 Å². The van der Waals surface area contributed by atoms with E-state index in [0.29, 0.717) is 16.3 Å². The number of hydrogen-bond donors (Lipinski definition) is 1. The summed E-state index contributed by atoms with van der Waals surface area (Å²) in [5.74, 6) is -1.43. The van der Waals surface area contributed by atoms with Crippen LogP contribution in [0, 0.1) is 0 Å². The molecule has 0 unspecified atom stereocenters. The van der Waals surface area contributed by atoms with Crippen molar-refractivity contribution in [3.8, 4) is 0 Å². The smallest absolute Gasteiger partial charge is 0.273 e. The quantitative estimate of drug-likeness (QED) is 0.611. The Morgan fingerprint density at radius 3 is 2.42 bits per heavy atom. The van der Waals surface area contributed by atoms with Crippen LogP contribution in [0.2, 0.25) is 5.02 Å². The average molecular weight is 406 g/mol. The highest BCUT2D eigenvalue weighted by atomic mass is 79.9. The van der Waals surface area contributed by atoms with Gasteiger partial charge in [-0.3, -0.25) is 14.9 Å². The number of benzene rings is 2. The second-order valence-electron chi connectivity index (χ2n) is 4.99. The van der Waals surface area contributed by atoms with Gasteiger partial charge in [-0.2, -0.15) is 0 Å². The lowest BCUT2D eigenvalue weighted by molar-refractivity contribution is -0.122. The number of nitrogens with zero attached hydrogens (tertiary/aromatic N) is 1.